The van der Waals surface area contributed by atoms with Gasteiger partial charge in [-0.15, -0.1) is 0 Å². The zero-order valence-corrected chi connectivity index (χ0v) is 9.27. The maximum atomic E-state index is 12.2. The van der Waals surface area contributed by atoms with E-state index in [1.807, 2.05) is 0 Å². The molecule has 8 heteroatoms. The summed E-state index contributed by atoms with van der Waals surface area (Å²) in [5.74, 6) is 0. The van der Waals surface area contributed by atoms with Gasteiger partial charge in [0.25, 0.3) is 5.69 Å². The fraction of sp³-hybridized carbons (Fsp3) is 0.300. The molecule has 0 atom stereocenters. The molecule has 98 valence electrons. The second kappa shape index (κ2) is 5.03. The van der Waals surface area contributed by atoms with E-state index in [0.717, 1.165) is 19.2 Å². The number of nitro benzene ring substituents is 1. The first-order valence-electron chi connectivity index (χ1n) is 4.76. The third-order valence-corrected chi connectivity index (χ3v) is 2.16. The van der Waals surface area contributed by atoms with Gasteiger partial charge in [-0.2, -0.15) is 13.2 Å². The summed E-state index contributed by atoms with van der Waals surface area (Å²) in [5.41, 5.74) is -0.694. The minimum Gasteiger partial charge on any atom is -0.360 e. The van der Waals surface area contributed by atoms with Crippen molar-refractivity contribution < 1.29 is 22.9 Å². The van der Waals surface area contributed by atoms with Crippen molar-refractivity contribution in [3.8, 4) is 0 Å². The molecule has 1 aromatic carbocycles. The van der Waals surface area contributed by atoms with E-state index in [1.54, 1.807) is 0 Å². The van der Waals surface area contributed by atoms with Crippen LogP contribution < -0.4 is 4.90 Å². The highest BCUT2D eigenvalue weighted by Crippen LogP contribution is 2.30. The Labute approximate surface area is 100.0 Å². The van der Waals surface area contributed by atoms with Crippen molar-refractivity contribution in [3.63, 3.8) is 0 Å². The lowest BCUT2D eigenvalue weighted by molar-refractivity contribution is -0.384. The Balaban J connectivity index is 3.15. The first-order valence-corrected chi connectivity index (χ1v) is 4.76. The molecule has 0 aromatic heterocycles. The van der Waals surface area contributed by atoms with Gasteiger partial charge in [0.2, 0.25) is 0 Å². The standard InChI is InChI=1S/C10H9F3N2O3/c1-14(6-10(11,12)13)8-3-2-7(5-16)4-9(8)15(17)18/h2-5H,6H2,1H3. The highest BCUT2D eigenvalue weighted by molar-refractivity contribution is 5.79. The fourth-order valence-corrected chi connectivity index (χ4v) is 1.44. The van der Waals surface area contributed by atoms with Gasteiger partial charge >= 0.3 is 6.18 Å². The molecule has 1 aromatic rings. The summed E-state index contributed by atoms with van der Waals surface area (Å²) in [6.45, 7) is -1.31. The molecule has 0 unspecified atom stereocenters. The quantitative estimate of drug-likeness (QED) is 0.475. The van der Waals surface area contributed by atoms with Crippen LogP contribution in [-0.4, -0.2) is 31.0 Å². The molecule has 0 N–H and O–H groups in total. The molecular formula is C10H9F3N2O3. The number of aldehydes is 1. The zero-order chi connectivity index (χ0) is 13.9. The van der Waals surface area contributed by atoms with E-state index in [-0.39, 0.29) is 11.3 Å². The summed E-state index contributed by atoms with van der Waals surface area (Å²) in [7, 11) is 1.09. The van der Waals surface area contributed by atoms with Gasteiger partial charge in [-0.25, -0.2) is 0 Å². The number of benzene rings is 1. The molecule has 0 saturated carbocycles. The number of carbonyl (C=O) groups is 1. The molecule has 0 radical (unpaired) electrons. The zero-order valence-electron chi connectivity index (χ0n) is 9.27. The molecule has 0 spiro atoms. The molecule has 1 rings (SSSR count). The fourth-order valence-electron chi connectivity index (χ4n) is 1.44. The molecule has 0 bridgehead atoms. The van der Waals surface area contributed by atoms with E-state index in [1.165, 1.54) is 6.07 Å². The van der Waals surface area contributed by atoms with Crippen molar-refractivity contribution in [1.29, 1.82) is 0 Å². The number of nitrogens with zero attached hydrogens (tertiary/aromatic N) is 2. The van der Waals surface area contributed by atoms with Crippen LogP contribution in [-0.2, 0) is 0 Å². The lowest BCUT2D eigenvalue weighted by Gasteiger charge is -2.20. The van der Waals surface area contributed by atoms with Crippen LogP contribution in [0.2, 0.25) is 0 Å². The average molecular weight is 262 g/mol. The van der Waals surface area contributed by atoms with E-state index in [0.29, 0.717) is 11.2 Å². The summed E-state index contributed by atoms with van der Waals surface area (Å²) in [5, 5.41) is 10.7. The molecule has 0 saturated heterocycles. The molecule has 0 aliphatic rings. The maximum Gasteiger partial charge on any atom is 0.405 e. The number of carbonyl (C=O) groups excluding carboxylic acids is 1. The predicted octanol–water partition coefficient (Wildman–Crippen LogP) is 2.41. The minimum absolute atomic E-state index is 0.0332. The van der Waals surface area contributed by atoms with Crippen molar-refractivity contribution in [2.24, 2.45) is 0 Å². The molecule has 0 heterocycles. The van der Waals surface area contributed by atoms with Crippen molar-refractivity contribution in [2.45, 2.75) is 6.18 Å². The topological polar surface area (TPSA) is 63.5 Å². The smallest absolute Gasteiger partial charge is 0.360 e. The Morgan fingerprint density at radius 3 is 2.50 bits per heavy atom. The van der Waals surface area contributed by atoms with Gasteiger partial charge in [-0.05, 0) is 12.1 Å². The monoisotopic (exact) mass is 262 g/mol. The van der Waals surface area contributed by atoms with E-state index in [4.69, 9.17) is 0 Å². The van der Waals surface area contributed by atoms with Crippen LogP contribution in [0.4, 0.5) is 24.5 Å². The molecule has 5 nitrogen and oxygen atoms in total. The second-order valence-corrected chi connectivity index (χ2v) is 3.59. The molecular weight excluding hydrogens is 253 g/mol. The Bertz CT molecular complexity index is 474. The largest absolute Gasteiger partial charge is 0.405 e. The van der Waals surface area contributed by atoms with E-state index in [9.17, 15) is 28.1 Å². The average Bonchev–Trinajstić information content (AvgIpc) is 2.25. The van der Waals surface area contributed by atoms with Gasteiger partial charge in [-0.3, -0.25) is 14.9 Å². The van der Waals surface area contributed by atoms with Gasteiger partial charge in [0.1, 0.15) is 18.5 Å². The van der Waals surface area contributed by atoms with Crippen LogP contribution in [0.5, 0.6) is 0 Å². The van der Waals surface area contributed by atoms with Crippen LogP contribution in [0.15, 0.2) is 18.2 Å². The molecule has 0 aliphatic carbocycles. The van der Waals surface area contributed by atoms with Gasteiger partial charge in [-0.1, -0.05) is 0 Å². The van der Waals surface area contributed by atoms with Gasteiger partial charge in [0.05, 0.1) is 4.92 Å². The first-order chi connectivity index (χ1) is 8.24. The minimum atomic E-state index is -4.47. The highest BCUT2D eigenvalue weighted by Gasteiger charge is 2.31. The molecule has 0 aliphatic heterocycles. The lowest BCUT2D eigenvalue weighted by Crippen LogP contribution is -2.31. The van der Waals surface area contributed by atoms with Crippen LogP contribution in [0.1, 0.15) is 10.4 Å². The number of nitro groups is 1. The number of halogens is 3. The highest BCUT2D eigenvalue weighted by atomic mass is 19.4. The van der Waals surface area contributed by atoms with Gasteiger partial charge in [0, 0.05) is 18.7 Å². The summed E-state index contributed by atoms with van der Waals surface area (Å²) in [4.78, 5) is 21.1. The van der Waals surface area contributed by atoms with Gasteiger partial charge < -0.3 is 4.90 Å². The molecule has 0 fully saturated rings. The SMILES string of the molecule is CN(CC(F)(F)F)c1ccc(C=O)cc1[N+](=O)[O-]. The van der Waals surface area contributed by atoms with Crippen molar-refractivity contribution in [3.05, 3.63) is 33.9 Å². The van der Waals surface area contributed by atoms with Crippen LogP contribution >= 0.6 is 0 Å². The number of anilines is 1. The number of alkyl halides is 3. The van der Waals surface area contributed by atoms with Crippen molar-refractivity contribution in [2.75, 3.05) is 18.5 Å². The van der Waals surface area contributed by atoms with E-state index < -0.39 is 23.3 Å². The normalized spacial score (nSPS) is 11.1. The summed E-state index contributed by atoms with van der Waals surface area (Å²) < 4.78 is 36.6. The summed E-state index contributed by atoms with van der Waals surface area (Å²) in [6, 6.07) is 3.28. The van der Waals surface area contributed by atoms with Crippen LogP contribution in [0.25, 0.3) is 0 Å². The van der Waals surface area contributed by atoms with Crippen LogP contribution in [0, 0.1) is 10.1 Å². The lowest BCUT2D eigenvalue weighted by atomic mass is 10.1. The van der Waals surface area contributed by atoms with Crippen molar-refractivity contribution >= 4 is 17.7 Å². The van der Waals surface area contributed by atoms with Crippen LogP contribution in [0.3, 0.4) is 0 Å². The number of rotatable bonds is 4. The molecule has 18 heavy (non-hydrogen) atoms. The maximum absolute atomic E-state index is 12.2. The number of hydrogen-bond donors (Lipinski definition) is 0. The summed E-state index contributed by atoms with van der Waals surface area (Å²) in [6.07, 6.45) is -4.08. The number of hydrogen-bond acceptors (Lipinski definition) is 4. The Morgan fingerprint density at radius 2 is 2.06 bits per heavy atom. The van der Waals surface area contributed by atoms with Gasteiger partial charge in [0.15, 0.2) is 0 Å². The molecule has 0 amide bonds. The second-order valence-electron chi connectivity index (χ2n) is 3.59. The Kier molecular flexibility index (Phi) is 3.89. The van der Waals surface area contributed by atoms with E-state index >= 15 is 0 Å². The Morgan fingerprint density at radius 1 is 1.44 bits per heavy atom. The Hall–Kier alpha value is -2.12. The predicted molar refractivity (Wildman–Crippen MR) is 57.8 cm³/mol. The first kappa shape index (κ1) is 13.9. The third kappa shape index (κ3) is 3.44. The van der Waals surface area contributed by atoms with Crippen molar-refractivity contribution in [1.82, 2.24) is 0 Å². The van der Waals surface area contributed by atoms with E-state index in [2.05, 4.69) is 0 Å². The summed E-state index contributed by atoms with van der Waals surface area (Å²) >= 11 is 0. The third-order valence-electron chi connectivity index (χ3n) is 2.16.